The SMILES string of the molecule is N#Cc1ncc(N2CC3CC3C2C(O)C(F)(F)F)cc1C(F)(F)F. The van der Waals surface area contributed by atoms with E-state index in [1.54, 1.807) is 0 Å². The number of alkyl halides is 6. The van der Waals surface area contributed by atoms with Crippen LogP contribution in [-0.2, 0) is 6.18 Å². The lowest BCUT2D eigenvalue weighted by atomic mass is 10.0. The Kier molecular flexibility index (Phi) is 3.67. The van der Waals surface area contributed by atoms with Crippen LogP contribution >= 0.6 is 0 Å². The predicted octanol–water partition coefficient (Wildman–Crippen LogP) is 2.72. The van der Waals surface area contributed by atoms with Gasteiger partial charge in [0, 0.05) is 6.54 Å². The molecule has 0 radical (unpaired) electrons. The molecule has 1 aromatic rings. The van der Waals surface area contributed by atoms with E-state index in [1.165, 1.54) is 6.07 Å². The highest BCUT2D eigenvalue weighted by Gasteiger charge is 2.60. The van der Waals surface area contributed by atoms with Crippen molar-refractivity contribution in [2.75, 3.05) is 11.4 Å². The van der Waals surface area contributed by atoms with E-state index >= 15 is 0 Å². The van der Waals surface area contributed by atoms with Gasteiger partial charge in [0.15, 0.2) is 11.8 Å². The minimum atomic E-state index is -4.87. The molecule has 1 saturated heterocycles. The van der Waals surface area contributed by atoms with E-state index in [-0.39, 0.29) is 18.2 Å². The Morgan fingerprint density at radius 2 is 1.96 bits per heavy atom. The van der Waals surface area contributed by atoms with E-state index in [4.69, 9.17) is 5.26 Å². The number of nitriles is 1. The summed E-state index contributed by atoms with van der Waals surface area (Å²) >= 11 is 0. The first-order valence-corrected chi connectivity index (χ1v) is 7.02. The van der Waals surface area contributed by atoms with Gasteiger partial charge < -0.3 is 10.0 Å². The lowest BCUT2D eigenvalue weighted by Gasteiger charge is -2.33. The molecule has 0 aromatic carbocycles. The van der Waals surface area contributed by atoms with Crippen molar-refractivity contribution in [3.63, 3.8) is 0 Å². The summed E-state index contributed by atoms with van der Waals surface area (Å²) in [4.78, 5) is 4.53. The summed E-state index contributed by atoms with van der Waals surface area (Å²) in [7, 11) is 0. The monoisotopic (exact) mass is 351 g/mol. The van der Waals surface area contributed by atoms with Crippen LogP contribution in [0.1, 0.15) is 17.7 Å². The van der Waals surface area contributed by atoms with Crippen LogP contribution in [0.3, 0.4) is 0 Å². The molecule has 0 spiro atoms. The minimum absolute atomic E-state index is 0.0861. The van der Waals surface area contributed by atoms with Crippen LogP contribution in [-0.4, -0.2) is 35.0 Å². The topological polar surface area (TPSA) is 60.2 Å². The third-order valence-corrected chi connectivity index (χ3v) is 4.48. The largest absolute Gasteiger partial charge is 0.419 e. The van der Waals surface area contributed by atoms with Gasteiger partial charge in [-0.2, -0.15) is 31.6 Å². The molecule has 1 saturated carbocycles. The number of nitrogens with zero attached hydrogens (tertiary/aromatic N) is 3. The first-order valence-electron chi connectivity index (χ1n) is 7.02. The van der Waals surface area contributed by atoms with E-state index in [0.717, 1.165) is 11.1 Å². The Morgan fingerprint density at radius 3 is 2.50 bits per heavy atom. The highest BCUT2D eigenvalue weighted by atomic mass is 19.4. The fourth-order valence-corrected chi connectivity index (χ4v) is 3.30. The van der Waals surface area contributed by atoms with Crippen molar-refractivity contribution in [2.45, 2.75) is 30.9 Å². The van der Waals surface area contributed by atoms with Gasteiger partial charge in [0.2, 0.25) is 0 Å². The third kappa shape index (κ3) is 2.77. The lowest BCUT2D eigenvalue weighted by molar-refractivity contribution is -0.210. The molecule has 3 rings (SSSR count). The molecule has 0 amide bonds. The molecule has 24 heavy (non-hydrogen) atoms. The number of hydrogen-bond acceptors (Lipinski definition) is 4. The number of anilines is 1. The Balaban J connectivity index is 1.98. The molecule has 4 atom stereocenters. The molecule has 10 heteroatoms. The van der Waals surface area contributed by atoms with Gasteiger partial charge in [-0.3, -0.25) is 0 Å². The van der Waals surface area contributed by atoms with Crippen molar-refractivity contribution in [3.8, 4) is 6.07 Å². The average Bonchev–Trinajstić information content (AvgIpc) is 3.15. The Labute approximate surface area is 132 Å². The van der Waals surface area contributed by atoms with E-state index in [2.05, 4.69) is 4.98 Å². The number of fused-ring (bicyclic) bond motifs is 1. The Bertz CT molecular complexity index is 695. The fraction of sp³-hybridized carbons (Fsp3) is 0.571. The molecule has 4 unspecified atom stereocenters. The molecule has 1 aliphatic carbocycles. The van der Waals surface area contributed by atoms with Crippen LogP contribution in [0.15, 0.2) is 12.3 Å². The molecule has 1 aliphatic heterocycles. The van der Waals surface area contributed by atoms with E-state index in [9.17, 15) is 31.4 Å². The van der Waals surface area contributed by atoms with Crippen molar-refractivity contribution in [1.82, 2.24) is 4.98 Å². The van der Waals surface area contributed by atoms with Gasteiger partial charge >= 0.3 is 12.4 Å². The predicted molar refractivity (Wildman–Crippen MR) is 68.7 cm³/mol. The summed E-state index contributed by atoms with van der Waals surface area (Å²) in [6.45, 7) is 0.118. The quantitative estimate of drug-likeness (QED) is 0.833. The van der Waals surface area contributed by atoms with Crippen LogP contribution in [0, 0.1) is 23.2 Å². The molecular formula is C14H11F6N3O. The third-order valence-electron chi connectivity index (χ3n) is 4.48. The summed E-state index contributed by atoms with van der Waals surface area (Å²) in [5.74, 6) is -0.497. The fourth-order valence-electron chi connectivity index (χ4n) is 3.30. The number of rotatable bonds is 2. The van der Waals surface area contributed by atoms with Crippen LogP contribution in [0.5, 0.6) is 0 Å². The van der Waals surface area contributed by atoms with Gasteiger partial charge in [0.1, 0.15) is 6.07 Å². The summed E-state index contributed by atoms with van der Waals surface area (Å²) in [5.41, 5.74) is -2.33. The van der Waals surface area contributed by atoms with Crippen LogP contribution < -0.4 is 4.90 Å². The van der Waals surface area contributed by atoms with Crippen LogP contribution in [0.4, 0.5) is 32.0 Å². The number of hydrogen-bond donors (Lipinski definition) is 1. The number of aliphatic hydroxyl groups excluding tert-OH is 1. The number of aliphatic hydroxyl groups is 1. The number of piperidine rings is 1. The summed E-state index contributed by atoms with van der Waals surface area (Å²) in [5, 5.41) is 18.3. The van der Waals surface area contributed by atoms with Gasteiger partial charge in [-0.15, -0.1) is 0 Å². The maximum Gasteiger partial charge on any atom is 0.419 e. The second-order valence-corrected chi connectivity index (χ2v) is 5.99. The standard InChI is InChI=1S/C14H11F6N3O/c15-13(16,17)9-2-7(4-22-10(9)3-21)23-5-6-1-8(6)11(23)12(24)14(18,19)20/h2,4,6,8,11-12,24H,1,5H2. The molecule has 2 heterocycles. The second-order valence-electron chi connectivity index (χ2n) is 5.99. The zero-order chi connectivity index (χ0) is 17.9. The zero-order valence-corrected chi connectivity index (χ0v) is 11.9. The van der Waals surface area contributed by atoms with Gasteiger partial charge in [-0.25, -0.2) is 4.98 Å². The Hall–Kier alpha value is -2.02. The van der Waals surface area contributed by atoms with Crippen LogP contribution in [0.2, 0.25) is 0 Å². The normalized spacial score (nSPS) is 27.6. The first-order chi connectivity index (χ1) is 11.0. The van der Waals surface area contributed by atoms with Crippen molar-refractivity contribution in [2.24, 2.45) is 11.8 Å². The van der Waals surface area contributed by atoms with Crippen molar-refractivity contribution >= 4 is 5.69 Å². The smallest absolute Gasteiger partial charge is 0.382 e. The van der Waals surface area contributed by atoms with Gasteiger partial charge in [0.25, 0.3) is 0 Å². The van der Waals surface area contributed by atoms with E-state index in [1.807, 2.05) is 0 Å². The van der Waals surface area contributed by atoms with Gasteiger partial charge in [0.05, 0.1) is 23.5 Å². The molecule has 1 aromatic heterocycles. The molecular weight excluding hydrogens is 340 g/mol. The highest BCUT2D eigenvalue weighted by molar-refractivity contribution is 5.54. The molecule has 4 nitrogen and oxygen atoms in total. The summed E-state index contributed by atoms with van der Waals surface area (Å²) < 4.78 is 77.5. The van der Waals surface area contributed by atoms with E-state index in [0.29, 0.717) is 12.5 Å². The molecule has 0 bridgehead atoms. The Morgan fingerprint density at radius 1 is 1.29 bits per heavy atom. The van der Waals surface area contributed by atoms with Crippen LogP contribution in [0.25, 0.3) is 0 Å². The number of aromatic nitrogens is 1. The molecule has 2 fully saturated rings. The highest BCUT2D eigenvalue weighted by Crippen LogP contribution is 2.53. The molecule has 1 N–H and O–H groups in total. The van der Waals surface area contributed by atoms with Crippen molar-refractivity contribution < 1.29 is 31.4 Å². The van der Waals surface area contributed by atoms with Gasteiger partial charge in [-0.1, -0.05) is 0 Å². The first kappa shape index (κ1) is 16.8. The van der Waals surface area contributed by atoms with Crippen molar-refractivity contribution in [1.29, 1.82) is 5.26 Å². The molecule has 2 aliphatic rings. The number of halogens is 6. The van der Waals surface area contributed by atoms with Crippen molar-refractivity contribution in [3.05, 3.63) is 23.5 Å². The number of pyridine rings is 1. The zero-order valence-electron chi connectivity index (χ0n) is 11.9. The van der Waals surface area contributed by atoms with E-state index < -0.39 is 41.7 Å². The average molecular weight is 351 g/mol. The van der Waals surface area contributed by atoms with Gasteiger partial charge in [-0.05, 0) is 24.3 Å². The summed E-state index contributed by atoms with van der Waals surface area (Å²) in [6, 6.07) is 0.592. The minimum Gasteiger partial charge on any atom is -0.382 e. The second kappa shape index (κ2) is 5.24. The maximum absolute atomic E-state index is 13.0. The molecule has 130 valence electrons. The maximum atomic E-state index is 13.0. The summed E-state index contributed by atoms with van der Waals surface area (Å²) in [6.07, 6.45) is -10.9. The lowest BCUT2D eigenvalue weighted by Crippen LogP contribution is -2.49.